The lowest BCUT2D eigenvalue weighted by Gasteiger charge is -2.10. The van der Waals surface area contributed by atoms with Crippen molar-refractivity contribution in [2.24, 2.45) is 0 Å². The molecule has 0 aromatic heterocycles. The van der Waals surface area contributed by atoms with E-state index in [-0.39, 0.29) is 19.2 Å². The van der Waals surface area contributed by atoms with E-state index in [1.165, 1.54) is 77.0 Å². The summed E-state index contributed by atoms with van der Waals surface area (Å²) in [7, 11) is -0.176. The number of hydrogen-bond acceptors (Lipinski definition) is 4. The van der Waals surface area contributed by atoms with E-state index in [1.54, 1.807) is 0 Å². The number of esters is 1. The van der Waals surface area contributed by atoms with Crippen molar-refractivity contribution < 1.29 is 18.8 Å². The van der Waals surface area contributed by atoms with Crippen LogP contribution in [0.3, 0.4) is 0 Å². The van der Waals surface area contributed by atoms with E-state index < -0.39 is 0 Å². The maximum absolute atomic E-state index is 11.7. The van der Waals surface area contributed by atoms with Crippen molar-refractivity contribution >= 4 is 13.1 Å². The third kappa shape index (κ3) is 13.6. The number of carbonyl (C=O) groups is 1. The van der Waals surface area contributed by atoms with Gasteiger partial charge in [-0.2, -0.15) is 0 Å². The van der Waals surface area contributed by atoms with Gasteiger partial charge < -0.3 is 14.0 Å². The van der Waals surface area contributed by atoms with Crippen molar-refractivity contribution in [1.29, 1.82) is 0 Å². The van der Waals surface area contributed by atoms with Gasteiger partial charge in [-0.25, -0.2) is 0 Å². The average molecular weight is 368 g/mol. The quantitative estimate of drug-likeness (QED) is 0.181. The number of hydrogen-bond donors (Lipinski definition) is 0. The van der Waals surface area contributed by atoms with Crippen LogP contribution in [0.2, 0.25) is 6.82 Å². The fourth-order valence-corrected chi connectivity index (χ4v) is 3.40. The third-order valence-electron chi connectivity index (χ3n) is 5.07. The van der Waals surface area contributed by atoms with Crippen LogP contribution >= 0.6 is 0 Å². The van der Waals surface area contributed by atoms with E-state index in [2.05, 4.69) is 6.92 Å². The highest BCUT2D eigenvalue weighted by Gasteiger charge is 2.27. The molecule has 0 saturated carbocycles. The zero-order valence-corrected chi connectivity index (χ0v) is 17.3. The van der Waals surface area contributed by atoms with E-state index in [0.29, 0.717) is 19.6 Å². The first-order valence-electron chi connectivity index (χ1n) is 11.1. The maximum atomic E-state index is 11.7. The fraction of sp³-hybridized carbons (Fsp3) is 0.952. The van der Waals surface area contributed by atoms with Gasteiger partial charge in [0.1, 0.15) is 6.61 Å². The van der Waals surface area contributed by atoms with Gasteiger partial charge in [0.25, 0.3) is 0 Å². The van der Waals surface area contributed by atoms with Crippen LogP contribution in [-0.2, 0) is 18.8 Å². The molecule has 4 nitrogen and oxygen atoms in total. The lowest BCUT2D eigenvalue weighted by molar-refractivity contribution is -0.146. The van der Waals surface area contributed by atoms with Crippen molar-refractivity contribution in [1.82, 2.24) is 0 Å². The topological polar surface area (TPSA) is 44.8 Å². The molecule has 1 aliphatic heterocycles. The van der Waals surface area contributed by atoms with E-state index in [0.717, 1.165) is 12.8 Å². The molecule has 1 atom stereocenters. The van der Waals surface area contributed by atoms with Gasteiger partial charge in [-0.1, -0.05) is 90.4 Å². The summed E-state index contributed by atoms with van der Waals surface area (Å²) in [6.07, 6.45) is 19.0. The molecule has 1 aliphatic rings. The highest BCUT2D eigenvalue weighted by Crippen LogP contribution is 2.14. The molecule has 0 spiro atoms. The summed E-state index contributed by atoms with van der Waals surface area (Å²) < 4.78 is 16.0. The zero-order valence-electron chi connectivity index (χ0n) is 17.3. The molecular weight excluding hydrogens is 327 g/mol. The van der Waals surface area contributed by atoms with E-state index >= 15 is 0 Å². The Morgan fingerprint density at radius 2 is 1.38 bits per heavy atom. The Labute approximate surface area is 161 Å². The Hall–Kier alpha value is -0.545. The van der Waals surface area contributed by atoms with Gasteiger partial charge in [0.05, 0.1) is 12.7 Å². The Kier molecular flexibility index (Phi) is 15.0. The smallest absolute Gasteiger partial charge is 0.454 e. The summed E-state index contributed by atoms with van der Waals surface area (Å²) in [6.45, 7) is 4.97. The van der Waals surface area contributed by atoms with Crippen molar-refractivity contribution in [3.63, 3.8) is 0 Å². The Morgan fingerprint density at radius 3 is 1.85 bits per heavy atom. The van der Waals surface area contributed by atoms with Crippen molar-refractivity contribution in [2.75, 3.05) is 13.2 Å². The first-order chi connectivity index (χ1) is 12.7. The number of rotatable bonds is 17. The van der Waals surface area contributed by atoms with E-state index in [9.17, 15) is 4.79 Å². The summed E-state index contributed by atoms with van der Waals surface area (Å²) in [5.74, 6) is -0.105. The molecule has 5 heteroatoms. The molecule has 0 aliphatic carbocycles. The minimum Gasteiger partial charge on any atom is -0.463 e. The normalized spacial score (nSPS) is 17.0. The molecular formula is C21H41BO4. The van der Waals surface area contributed by atoms with Gasteiger partial charge in [-0.3, -0.25) is 4.79 Å². The first kappa shape index (κ1) is 23.5. The van der Waals surface area contributed by atoms with Crippen LogP contribution in [0.1, 0.15) is 103 Å². The summed E-state index contributed by atoms with van der Waals surface area (Å²) in [5, 5.41) is 0. The summed E-state index contributed by atoms with van der Waals surface area (Å²) in [4.78, 5) is 11.7. The van der Waals surface area contributed by atoms with Crippen LogP contribution in [-0.4, -0.2) is 32.4 Å². The SMILES string of the molecule is CCCCCCCCCCCCCCCCC(=O)OCC1COB(C)O1. The molecule has 1 fully saturated rings. The van der Waals surface area contributed by atoms with Gasteiger partial charge in [-0.15, -0.1) is 0 Å². The number of carbonyl (C=O) groups excluding carboxylic acids is 1. The molecule has 1 heterocycles. The number of unbranched alkanes of at least 4 members (excludes halogenated alkanes) is 13. The molecule has 0 N–H and O–H groups in total. The predicted octanol–water partition coefficient (Wildman–Crippen LogP) is 5.93. The van der Waals surface area contributed by atoms with Gasteiger partial charge >= 0.3 is 13.1 Å². The van der Waals surface area contributed by atoms with Crippen LogP contribution < -0.4 is 0 Å². The van der Waals surface area contributed by atoms with Gasteiger partial charge in [0.15, 0.2) is 0 Å². The minimum absolute atomic E-state index is 0.0923. The van der Waals surface area contributed by atoms with Crippen LogP contribution in [0.5, 0.6) is 0 Å². The second-order valence-corrected chi connectivity index (χ2v) is 7.69. The molecule has 1 saturated heterocycles. The molecule has 0 aromatic rings. The summed E-state index contributed by atoms with van der Waals surface area (Å²) >= 11 is 0. The van der Waals surface area contributed by atoms with E-state index in [4.69, 9.17) is 14.0 Å². The molecule has 1 unspecified atom stereocenters. The van der Waals surface area contributed by atoms with Crippen LogP contribution in [0.15, 0.2) is 0 Å². The first-order valence-corrected chi connectivity index (χ1v) is 11.1. The molecule has 0 bridgehead atoms. The Bertz CT molecular complexity index is 338. The van der Waals surface area contributed by atoms with E-state index in [1.807, 2.05) is 6.82 Å². The Balaban J connectivity index is 1.74. The molecule has 0 radical (unpaired) electrons. The third-order valence-corrected chi connectivity index (χ3v) is 5.07. The standard InChI is InChI=1S/C21H41BO4/c1-3-4-5-6-7-8-9-10-11-12-13-14-15-16-17-21(23)24-18-20-19-25-22(2)26-20/h20H,3-19H2,1-2H3. The second-order valence-electron chi connectivity index (χ2n) is 7.69. The largest absolute Gasteiger partial charge is 0.463 e. The van der Waals surface area contributed by atoms with Crippen molar-refractivity contribution in [3.8, 4) is 0 Å². The summed E-state index contributed by atoms with van der Waals surface area (Å²) in [5.41, 5.74) is 0. The van der Waals surface area contributed by atoms with Gasteiger partial charge in [0.2, 0.25) is 0 Å². The molecule has 0 aromatic carbocycles. The highest BCUT2D eigenvalue weighted by atomic mass is 16.7. The predicted molar refractivity (Wildman–Crippen MR) is 108 cm³/mol. The summed E-state index contributed by atoms with van der Waals surface area (Å²) in [6, 6.07) is 0. The van der Waals surface area contributed by atoms with Gasteiger partial charge in [-0.05, 0) is 13.2 Å². The van der Waals surface area contributed by atoms with Crippen LogP contribution in [0.4, 0.5) is 0 Å². The minimum atomic E-state index is -0.176. The highest BCUT2D eigenvalue weighted by molar-refractivity contribution is 6.43. The molecule has 1 rings (SSSR count). The van der Waals surface area contributed by atoms with Gasteiger partial charge in [0, 0.05) is 6.42 Å². The molecule has 0 amide bonds. The van der Waals surface area contributed by atoms with Crippen molar-refractivity contribution in [3.05, 3.63) is 0 Å². The lowest BCUT2D eigenvalue weighted by atomic mass is 9.97. The van der Waals surface area contributed by atoms with Crippen LogP contribution in [0.25, 0.3) is 0 Å². The second kappa shape index (κ2) is 16.6. The lowest BCUT2D eigenvalue weighted by Crippen LogP contribution is -2.21. The molecule has 26 heavy (non-hydrogen) atoms. The number of ether oxygens (including phenoxy) is 1. The fourth-order valence-electron chi connectivity index (χ4n) is 3.40. The van der Waals surface area contributed by atoms with Crippen LogP contribution in [0, 0.1) is 0 Å². The Morgan fingerprint density at radius 1 is 0.885 bits per heavy atom. The van der Waals surface area contributed by atoms with Crippen molar-refractivity contribution in [2.45, 2.75) is 116 Å². The monoisotopic (exact) mass is 368 g/mol. The maximum Gasteiger partial charge on any atom is 0.454 e. The molecule has 152 valence electrons. The average Bonchev–Trinajstić information content (AvgIpc) is 3.05. The zero-order chi connectivity index (χ0) is 18.9.